The van der Waals surface area contributed by atoms with Crippen LogP contribution in [0.4, 0.5) is 10.2 Å². The van der Waals surface area contributed by atoms with Crippen molar-refractivity contribution in [1.29, 1.82) is 0 Å². The average molecular weight is 197 g/mol. The number of nitrogens with zero attached hydrogens (tertiary/aromatic N) is 1. The summed E-state index contributed by atoms with van der Waals surface area (Å²) in [5, 5.41) is 5.56. The topological polar surface area (TPSA) is 54.0 Å². The highest BCUT2D eigenvalue weighted by Crippen LogP contribution is 2.01. The second-order valence-corrected chi connectivity index (χ2v) is 2.77. The number of nitrogens with one attached hydrogen (secondary N) is 2. The number of carbonyl (C=O) groups excluding carboxylic acids is 1. The van der Waals surface area contributed by atoms with Crippen LogP contribution in [0.1, 0.15) is 6.92 Å². The summed E-state index contributed by atoms with van der Waals surface area (Å²) >= 11 is 0. The molecule has 4 nitrogen and oxygen atoms in total. The Bertz CT molecular complexity index is 299. The number of carbonyl (C=O) groups is 1. The molecule has 0 bridgehead atoms. The highest BCUT2D eigenvalue weighted by atomic mass is 19.1. The van der Waals surface area contributed by atoms with Crippen molar-refractivity contribution in [2.45, 2.75) is 6.92 Å². The van der Waals surface area contributed by atoms with E-state index in [9.17, 15) is 9.18 Å². The minimum Gasteiger partial charge on any atom is -0.368 e. The van der Waals surface area contributed by atoms with Gasteiger partial charge in [-0.25, -0.2) is 9.37 Å². The van der Waals surface area contributed by atoms with Gasteiger partial charge in [0.1, 0.15) is 11.6 Å². The molecule has 0 saturated heterocycles. The summed E-state index contributed by atoms with van der Waals surface area (Å²) in [6, 6.07) is 2.87. The first-order valence-electron chi connectivity index (χ1n) is 4.28. The molecule has 1 amide bonds. The third-order valence-corrected chi connectivity index (χ3v) is 1.53. The Morgan fingerprint density at radius 1 is 1.50 bits per heavy atom. The molecule has 0 aliphatic heterocycles. The van der Waals surface area contributed by atoms with Crippen LogP contribution in [0.25, 0.3) is 0 Å². The molecule has 0 atom stereocenters. The van der Waals surface area contributed by atoms with E-state index in [4.69, 9.17) is 0 Å². The average Bonchev–Trinajstić information content (AvgIpc) is 2.15. The lowest BCUT2D eigenvalue weighted by Crippen LogP contribution is -2.26. The molecule has 0 radical (unpaired) electrons. The summed E-state index contributed by atoms with van der Waals surface area (Å²) in [6.45, 7) is 2.54. The van der Waals surface area contributed by atoms with Gasteiger partial charge in [-0.15, -0.1) is 0 Å². The molecule has 1 aromatic heterocycles. The molecule has 0 spiro atoms. The van der Waals surface area contributed by atoms with Crippen molar-refractivity contribution in [2.75, 3.05) is 18.4 Å². The third kappa shape index (κ3) is 3.84. The third-order valence-electron chi connectivity index (χ3n) is 1.53. The first-order chi connectivity index (χ1) is 6.68. The lowest BCUT2D eigenvalue weighted by atomic mass is 10.4. The van der Waals surface area contributed by atoms with Gasteiger partial charge in [0.05, 0.1) is 6.20 Å². The van der Waals surface area contributed by atoms with Crippen LogP contribution < -0.4 is 10.6 Å². The van der Waals surface area contributed by atoms with Crippen molar-refractivity contribution in [3.63, 3.8) is 0 Å². The van der Waals surface area contributed by atoms with E-state index >= 15 is 0 Å². The van der Waals surface area contributed by atoms with Gasteiger partial charge in [-0.05, 0) is 12.1 Å². The first-order valence-corrected chi connectivity index (χ1v) is 4.28. The second-order valence-electron chi connectivity index (χ2n) is 2.77. The number of amides is 1. The monoisotopic (exact) mass is 197 g/mol. The van der Waals surface area contributed by atoms with Gasteiger partial charge in [-0.3, -0.25) is 4.79 Å². The summed E-state index contributed by atoms with van der Waals surface area (Å²) in [7, 11) is 0. The molecule has 5 heteroatoms. The molecule has 0 aromatic carbocycles. The standard InChI is InChI=1S/C9H12FN3O/c1-7(14)11-4-5-12-9-3-2-8(10)6-13-9/h2-3,6H,4-5H2,1H3,(H,11,14)(H,12,13). The van der Waals surface area contributed by atoms with Gasteiger partial charge >= 0.3 is 0 Å². The van der Waals surface area contributed by atoms with E-state index in [0.29, 0.717) is 18.9 Å². The summed E-state index contributed by atoms with van der Waals surface area (Å²) in [5.41, 5.74) is 0. The molecule has 0 aliphatic rings. The number of hydrogen-bond donors (Lipinski definition) is 2. The minimum absolute atomic E-state index is 0.0705. The molecular formula is C9H12FN3O. The Morgan fingerprint density at radius 2 is 2.29 bits per heavy atom. The van der Waals surface area contributed by atoms with Crippen LogP contribution in [0.2, 0.25) is 0 Å². The maximum absolute atomic E-state index is 12.4. The van der Waals surface area contributed by atoms with Crippen molar-refractivity contribution < 1.29 is 9.18 Å². The fraction of sp³-hybridized carbons (Fsp3) is 0.333. The van der Waals surface area contributed by atoms with Crippen LogP contribution in [-0.4, -0.2) is 24.0 Å². The number of hydrogen-bond acceptors (Lipinski definition) is 3. The summed E-state index contributed by atoms with van der Waals surface area (Å²) in [4.78, 5) is 14.3. The zero-order valence-corrected chi connectivity index (χ0v) is 7.88. The fourth-order valence-corrected chi connectivity index (χ4v) is 0.909. The zero-order valence-electron chi connectivity index (χ0n) is 7.88. The van der Waals surface area contributed by atoms with Crippen molar-refractivity contribution in [3.05, 3.63) is 24.1 Å². The molecule has 76 valence electrons. The number of anilines is 1. The molecular weight excluding hydrogens is 185 g/mol. The van der Waals surface area contributed by atoms with Crippen LogP contribution in [-0.2, 0) is 4.79 Å². The summed E-state index contributed by atoms with van der Waals surface area (Å²) in [5.74, 6) is 0.160. The van der Waals surface area contributed by atoms with E-state index in [1.807, 2.05) is 0 Å². The maximum Gasteiger partial charge on any atom is 0.216 e. The Labute approximate surface area is 81.5 Å². The minimum atomic E-state index is -0.364. The van der Waals surface area contributed by atoms with Gasteiger partial charge < -0.3 is 10.6 Å². The van der Waals surface area contributed by atoms with Crippen molar-refractivity contribution >= 4 is 11.7 Å². The van der Waals surface area contributed by atoms with Crippen molar-refractivity contribution in [1.82, 2.24) is 10.3 Å². The van der Waals surface area contributed by atoms with E-state index in [1.165, 1.54) is 13.0 Å². The Kier molecular flexibility index (Phi) is 3.84. The van der Waals surface area contributed by atoms with E-state index in [0.717, 1.165) is 6.20 Å². The molecule has 0 unspecified atom stereocenters. The Morgan fingerprint density at radius 3 is 2.86 bits per heavy atom. The normalized spacial score (nSPS) is 9.57. The van der Waals surface area contributed by atoms with Crippen molar-refractivity contribution in [3.8, 4) is 0 Å². The predicted molar refractivity (Wildman–Crippen MR) is 51.4 cm³/mol. The first kappa shape index (κ1) is 10.4. The largest absolute Gasteiger partial charge is 0.368 e. The molecule has 2 N–H and O–H groups in total. The number of halogens is 1. The highest BCUT2D eigenvalue weighted by molar-refractivity contribution is 5.72. The van der Waals surface area contributed by atoms with Crippen LogP contribution in [0, 0.1) is 5.82 Å². The molecule has 0 saturated carbocycles. The number of pyridine rings is 1. The molecule has 14 heavy (non-hydrogen) atoms. The van der Waals surface area contributed by atoms with Crippen LogP contribution in [0.5, 0.6) is 0 Å². The maximum atomic E-state index is 12.4. The van der Waals surface area contributed by atoms with Crippen molar-refractivity contribution in [2.24, 2.45) is 0 Å². The van der Waals surface area contributed by atoms with Gasteiger partial charge in [0.2, 0.25) is 5.91 Å². The lowest BCUT2D eigenvalue weighted by Gasteiger charge is -2.05. The second kappa shape index (κ2) is 5.16. The molecule has 1 heterocycles. The predicted octanol–water partition coefficient (Wildman–Crippen LogP) is 0.769. The zero-order chi connectivity index (χ0) is 10.4. The van der Waals surface area contributed by atoms with E-state index < -0.39 is 0 Å². The lowest BCUT2D eigenvalue weighted by molar-refractivity contribution is -0.118. The van der Waals surface area contributed by atoms with E-state index in [-0.39, 0.29) is 11.7 Å². The molecule has 0 fully saturated rings. The van der Waals surface area contributed by atoms with Gasteiger partial charge in [0.15, 0.2) is 0 Å². The Hall–Kier alpha value is -1.65. The smallest absolute Gasteiger partial charge is 0.216 e. The van der Waals surface area contributed by atoms with Gasteiger partial charge in [0.25, 0.3) is 0 Å². The van der Waals surface area contributed by atoms with Gasteiger partial charge in [-0.1, -0.05) is 0 Å². The molecule has 1 aromatic rings. The highest BCUT2D eigenvalue weighted by Gasteiger charge is 1.94. The molecule has 1 rings (SSSR count). The number of aromatic nitrogens is 1. The van der Waals surface area contributed by atoms with Crippen LogP contribution in [0.15, 0.2) is 18.3 Å². The summed E-state index contributed by atoms with van der Waals surface area (Å²) in [6.07, 6.45) is 1.14. The molecule has 0 aliphatic carbocycles. The Balaban J connectivity index is 2.25. The fourth-order valence-electron chi connectivity index (χ4n) is 0.909. The number of rotatable bonds is 4. The quantitative estimate of drug-likeness (QED) is 0.701. The van der Waals surface area contributed by atoms with E-state index in [1.54, 1.807) is 6.07 Å². The SMILES string of the molecule is CC(=O)NCCNc1ccc(F)cn1. The van der Waals surface area contributed by atoms with Gasteiger partial charge in [0, 0.05) is 20.0 Å². The van der Waals surface area contributed by atoms with Crippen LogP contribution in [0.3, 0.4) is 0 Å². The van der Waals surface area contributed by atoms with Gasteiger partial charge in [-0.2, -0.15) is 0 Å². The van der Waals surface area contributed by atoms with E-state index in [2.05, 4.69) is 15.6 Å². The van der Waals surface area contributed by atoms with Crippen LogP contribution >= 0.6 is 0 Å². The summed E-state index contributed by atoms with van der Waals surface area (Å²) < 4.78 is 12.4.